The molecule has 0 unspecified atom stereocenters. The van der Waals surface area contributed by atoms with Crippen LogP contribution in [0, 0.1) is 17.8 Å². The first-order valence-corrected chi connectivity index (χ1v) is 5.48. The number of hydrogen-bond acceptors (Lipinski definition) is 3. The Morgan fingerprint density at radius 2 is 2.35 bits per heavy atom. The van der Waals surface area contributed by atoms with Gasteiger partial charge in [0.15, 0.2) is 0 Å². The van der Waals surface area contributed by atoms with Gasteiger partial charge in [-0.25, -0.2) is 4.98 Å². The fraction of sp³-hybridized carbons (Fsp3) is 0.385. The molecular formula is C13H16N2O2. The fourth-order valence-electron chi connectivity index (χ4n) is 1.20. The Bertz CT molecular complexity index is 444. The molecule has 90 valence electrons. The fourth-order valence-corrected chi connectivity index (χ4v) is 1.20. The SMILES string of the molecule is CC(C)CNC(=O)c1ncccc1C#CCO. The van der Waals surface area contributed by atoms with Crippen molar-refractivity contribution in [2.24, 2.45) is 5.92 Å². The van der Waals surface area contributed by atoms with Gasteiger partial charge in [-0.1, -0.05) is 25.7 Å². The van der Waals surface area contributed by atoms with E-state index in [-0.39, 0.29) is 12.5 Å². The molecule has 0 aromatic carbocycles. The van der Waals surface area contributed by atoms with Crippen molar-refractivity contribution < 1.29 is 9.90 Å². The van der Waals surface area contributed by atoms with Crippen molar-refractivity contribution >= 4 is 5.91 Å². The largest absolute Gasteiger partial charge is 0.384 e. The monoisotopic (exact) mass is 232 g/mol. The lowest BCUT2D eigenvalue weighted by Gasteiger charge is -2.07. The number of nitrogens with zero attached hydrogens (tertiary/aromatic N) is 1. The van der Waals surface area contributed by atoms with E-state index in [0.717, 1.165) is 0 Å². The van der Waals surface area contributed by atoms with Gasteiger partial charge in [0.25, 0.3) is 5.91 Å². The zero-order valence-corrected chi connectivity index (χ0v) is 10.0. The standard InChI is InChI=1S/C13H16N2O2/c1-10(2)9-15-13(17)12-11(6-4-8-16)5-3-7-14-12/h3,5,7,10,16H,8-9H2,1-2H3,(H,15,17). The third-order valence-electron chi connectivity index (χ3n) is 2.00. The van der Waals surface area contributed by atoms with Gasteiger partial charge >= 0.3 is 0 Å². The number of aromatic nitrogens is 1. The van der Waals surface area contributed by atoms with Crippen LogP contribution in [0.25, 0.3) is 0 Å². The van der Waals surface area contributed by atoms with Gasteiger partial charge in [0.05, 0.1) is 5.56 Å². The van der Waals surface area contributed by atoms with Crippen LogP contribution in [0.3, 0.4) is 0 Å². The molecule has 1 rings (SSSR count). The average molecular weight is 232 g/mol. The minimum Gasteiger partial charge on any atom is -0.384 e. The van der Waals surface area contributed by atoms with E-state index in [1.54, 1.807) is 18.3 Å². The molecule has 0 atom stereocenters. The molecule has 2 N–H and O–H groups in total. The van der Waals surface area contributed by atoms with E-state index in [4.69, 9.17) is 5.11 Å². The third-order valence-corrected chi connectivity index (χ3v) is 2.00. The lowest BCUT2D eigenvalue weighted by Crippen LogP contribution is -2.28. The van der Waals surface area contributed by atoms with E-state index in [1.165, 1.54) is 0 Å². The predicted molar refractivity (Wildman–Crippen MR) is 65.4 cm³/mol. The molecule has 17 heavy (non-hydrogen) atoms. The topological polar surface area (TPSA) is 62.2 Å². The van der Waals surface area contributed by atoms with E-state index >= 15 is 0 Å². The number of hydrogen-bond donors (Lipinski definition) is 2. The van der Waals surface area contributed by atoms with Crippen LogP contribution in [0.1, 0.15) is 29.9 Å². The second-order valence-electron chi connectivity index (χ2n) is 3.96. The molecule has 1 heterocycles. The number of aliphatic hydroxyl groups excluding tert-OH is 1. The Labute approximate surface area is 101 Å². The maximum Gasteiger partial charge on any atom is 0.271 e. The number of rotatable bonds is 3. The molecule has 0 saturated carbocycles. The second-order valence-corrected chi connectivity index (χ2v) is 3.96. The third kappa shape index (κ3) is 4.25. The predicted octanol–water partition coefficient (Wildman–Crippen LogP) is 0.811. The van der Waals surface area contributed by atoms with Gasteiger partial charge in [-0.05, 0) is 18.1 Å². The van der Waals surface area contributed by atoms with Crippen molar-refractivity contribution in [2.45, 2.75) is 13.8 Å². The Hall–Kier alpha value is -1.86. The normalized spacial score (nSPS) is 9.65. The van der Waals surface area contributed by atoms with Crippen molar-refractivity contribution in [3.63, 3.8) is 0 Å². The molecule has 1 aromatic heterocycles. The number of carbonyl (C=O) groups is 1. The van der Waals surface area contributed by atoms with Crippen molar-refractivity contribution in [1.29, 1.82) is 0 Å². The Kier molecular flexibility index (Phi) is 5.18. The van der Waals surface area contributed by atoms with Gasteiger partial charge in [-0.2, -0.15) is 0 Å². The molecule has 4 heteroatoms. The van der Waals surface area contributed by atoms with Gasteiger partial charge in [-0.3, -0.25) is 4.79 Å². The minimum atomic E-state index is -0.235. The van der Waals surface area contributed by atoms with Gasteiger partial charge in [-0.15, -0.1) is 0 Å². The van der Waals surface area contributed by atoms with Crippen LogP contribution in [-0.4, -0.2) is 29.1 Å². The zero-order chi connectivity index (χ0) is 12.7. The Balaban J connectivity index is 2.85. The van der Waals surface area contributed by atoms with Gasteiger partial charge < -0.3 is 10.4 Å². The lowest BCUT2D eigenvalue weighted by molar-refractivity contribution is 0.0944. The minimum absolute atomic E-state index is 0.234. The summed E-state index contributed by atoms with van der Waals surface area (Å²) < 4.78 is 0. The summed E-state index contributed by atoms with van der Waals surface area (Å²) in [6, 6.07) is 3.42. The number of pyridine rings is 1. The summed E-state index contributed by atoms with van der Waals surface area (Å²) in [5.74, 6) is 5.37. The molecule has 0 aliphatic rings. The molecule has 0 aliphatic heterocycles. The number of nitrogens with one attached hydrogen (secondary N) is 1. The maximum absolute atomic E-state index is 11.8. The van der Waals surface area contributed by atoms with Crippen LogP contribution < -0.4 is 5.32 Å². The first-order chi connectivity index (χ1) is 8.15. The van der Waals surface area contributed by atoms with Crippen LogP contribution >= 0.6 is 0 Å². The highest BCUT2D eigenvalue weighted by atomic mass is 16.2. The second kappa shape index (κ2) is 6.66. The van der Waals surface area contributed by atoms with E-state index in [1.807, 2.05) is 13.8 Å². The molecule has 0 saturated heterocycles. The summed E-state index contributed by atoms with van der Waals surface area (Å²) in [5.41, 5.74) is 0.830. The first kappa shape index (κ1) is 13.2. The van der Waals surface area contributed by atoms with Gasteiger partial charge in [0.2, 0.25) is 0 Å². The lowest BCUT2D eigenvalue weighted by atomic mass is 10.1. The summed E-state index contributed by atoms with van der Waals surface area (Å²) in [6.07, 6.45) is 1.55. The molecule has 0 aliphatic carbocycles. The number of carbonyl (C=O) groups excluding carboxylic acids is 1. The molecule has 0 fully saturated rings. The molecule has 4 nitrogen and oxygen atoms in total. The highest BCUT2D eigenvalue weighted by molar-refractivity contribution is 5.94. The molecular weight excluding hydrogens is 216 g/mol. The van der Waals surface area contributed by atoms with E-state index in [0.29, 0.717) is 23.7 Å². The quantitative estimate of drug-likeness (QED) is 0.758. The van der Waals surface area contributed by atoms with Gasteiger partial charge in [0.1, 0.15) is 12.3 Å². The Morgan fingerprint density at radius 3 is 3.00 bits per heavy atom. The molecule has 1 aromatic rings. The average Bonchev–Trinajstić information content (AvgIpc) is 2.33. The van der Waals surface area contributed by atoms with Gasteiger partial charge in [0, 0.05) is 12.7 Å². The van der Waals surface area contributed by atoms with E-state index in [2.05, 4.69) is 22.1 Å². The smallest absolute Gasteiger partial charge is 0.271 e. The van der Waals surface area contributed by atoms with Crippen LogP contribution in [0.15, 0.2) is 18.3 Å². The van der Waals surface area contributed by atoms with Crippen LogP contribution in [0.2, 0.25) is 0 Å². The molecule has 0 bridgehead atoms. The summed E-state index contributed by atoms with van der Waals surface area (Å²) in [7, 11) is 0. The van der Waals surface area contributed by atoms with Crippen LogP contribution in [0.4, 0.5) is 0 Å². The highest BCUT2D eigenvalue weighted by Gasteiger charge is 2.11. The summed E-state index contributed by atoms with van der Waals surface area (Å²) in [5, 5.41) is 11.4. The number of aliphatic hydroxyl groups is 1. The van der Waals surface area contributed by atoms with Crippen molar-refractivity contribution in [3.05, 3.63) is 29.6 Å². The molecule has 1 amide bonds. The summed E-state index contributed by atoms with van der Waals surface area (Å²) >= 11 is 0. The first-order valence-electron chi connectivity index (χ1n) is 5.48. The Morgan fingerprint density at radius 1 is 1.59 bits per heavy atom. The number of amides is 1. The van der Waals surface area contributed by atoms with Crippen molar-refractivity contribution in [2.75, 3.05) is 13.2 Å². The van der Waals surface area contributed by atoms with Crippen LogP contribution in [0.5, 0.6) is 0 Å². The summed E-state index contributed by atoms with van der Waals surface area (Å²) in [4.78, 5) is 15.8. The zero-order valence-electron chi connectivity index (χ0n) is 10.0. The van der Waals surface area contributed by atoms with E-state index < -0.39 is 0 Å². The van der Waals surface area contributed by atoms with E-state index in [9.17, 15) is 4.79 Å². The molecule has 0 spiro atoms. The summed E-state index contributed by atoms with van der Waals surface area (Å²) in [6.45, 7) is 4.40. The van der Waals surface area contributed by atoms with Crippen molar-refractivity contribution in [1.82, 2.24) is 10.3 Å². The van der Waals surface area contributed by atoms with Crippen molar-refractivity contribution in [3.8, 4) is 11.8 Å². The highest BCUT2D eigenvalue weighted by Crippen LogP contribution is 2.03. The molecule has 0 radical (unpaired) electrons. The maximum atomic E-state index is 11.8. The van der Waals surface area contributed by atoms with Crippen LogP contribution in [-0.2, 0) is 0 Å².